The molecule has 100 valence electrons. The molecule has 3 heteroatoms. The summed E-state index contributed by atoms with van der Waals surface area (Å²) < 4.78 is 0. The summed E-state index contributed by atoms with van der Waals surface area (Å²) in [4.78, 5) is 11.6. The fraction of sp³-hybridized carbons (Fsp3) is 0.929. The number of likely N-dealkylation sites (N-methyl/N-ethyl adjacent to an activating group) is 1. The first-order valence-corrected chi connectivity index (χ1v) is 7.23. The molecule has 17 heavy (non-hydrogen) atoms. The normalized spacial score (nSPS) is 24.6. The van der Waals surface area contributed by atoms with Gasteiger partial charge in [0.2, 0.25) is 5.91 Å². The zero-order valence-corrected chi connectivity index (χ0v) is 11.4. The van der Waals surface area contributed by atoms with Crippen LogP contribution in [0, 0.1) is 5.92 Å². The van der Waals surface area contributed by atoms with Crippen molar-refractivity contribution in [3.8, 4) is 0 Å². The van der Waals surface area contributed by atoms with Gasteiger partial charge in [0.25, 0.3) is 0 Å². The smallest absolute Gasteiger partial charge is 0.236 e. The summed E-state index contributed by atoms with van der Waals surface area (Å²) in [7, 11) is 1.72. The molecule has 2 unspecified atom stereocenters. The summed E-state index contributed by atoms with van der Waals surface area (Å²) in [6.45, 7) is 3.25. The van der Waals surface area contributed by atoms with Gasteiger partial charge in [-0.15, -0.1) is 0 Å². The highest BCUT2D eigenvalue weighted by Gasteiger charge is 2.25. The maximum absolute atomic E-state index is 11.6. The number of piperidine rings is 1. The molecule has 0 aromatic rings. The van der Waals surface area contributed by atoms with Gasteiger partial charge in [0.15, 0.2) is 0 Å². The molecule has 1 aliphatic heterocycles. The van der Waals surface area contributed by atoms with Gasteiger partial charge in [0.1, 0.15) is 0 Å². The maximum Gasteiger partial charge on any atom is 0.236 e. The first-order valence-electron chi connectivity index (χ1n) is 7.23. The number of carbonyl (C=O) groups excluding carboxylic acids is 1. The summed E-state index contributed by atoms with van der Waals surface area (Å²) in [5, 5.41) is 6.04. The number of amides is 1. The third-order valence-electron chi connectivity index (χ3n) is 3.79. The van der Waals surface area contributed by atoms with Gasteiger partial charge in [-0.2, -0.15) is 0 Å². The number of nitrogens with one attached hydrogen (secondary N) is 2. The van der Waals surface area contributed by atoms with Crippen molar-refractivity contribution in [1.82, 2.24) is 10.6 Å². The Hall–Kier alpha value is -0.570. The van der Waals surface area contributed by atoms with Gasteiger partial charge in [-0.25, -0.2) is 0 Å². The molecule has 3 nitrogen and oxygen atoms in total. The highest BCUT2D eigenvalue weighted by Crippen LogP contribution is 2.22. The number of hydrogen-bond acceptors (Lipinski definition) is 2. The first kappa shape index (κ1) is 14.5. The quantitative estimate of drug-likeness (QED) is 0.671. The Balaban J connectivity index is 2.14. The average molecular weight is 240 g/mol. The van der Waals surface area contributed by atoms with Crippen LogP contribution in [0.25, 0.3) is 0 Å². The fourth-order valence-electron chi connectivity index (χ4n) is 2.67. The van der Waals surface area contributed by atoms with Crippen molar-refractivity contribution in [2.24, 2.45) is 5.92 Å². The van der Waals surface area contributed by atoms with Crippen LogP contribution in [0.2, 0.25) is 0 Å². The van der Waals surface area contributed by atoms with Crippen molar-refractivity contribution in [2.75, 3.05) is 13.6 Å². The van der Waals surface area contributed by atoms with Crippen LogP contribution in [0.4, 0.5) is 0 Å². The van der Waals surface area contributed by atoms with E-state index in [2.05, 4.69) is 17.6 Å². The largest absolute Gasteiger partial charge is 0.358 e. The maximum atomic E-state index is 11.6. The lowest BCUT2D eigenvalue weighted by Gasteiger charge is -2.29. The molecule has 2 N–H and O–H groups in total. The monoisotopic (exact) mass is 240 g/mol. The Morgan fingerprint density at radius 3 is 2.76 bits per heavy atom. The molecule has 1 rings (SSSR count). The minimum atomic E-state index is 0.0504. The third-order valence-corrected chi connectivity index (χ3v) is 3.79. The molecule has 2 atom stereocenters. The Labute approximate surface area is 106 Å². The molecular weight excluding hydrogens is 212 g/mol. The number of carbonyl (C=O) groups is 1. The fourth-order valence-corrected chi connectivity index (χ4v) is 2.67. The average Bonchev–Trinajstić information content (AvgIpc) is 2.38. The highest BCUT2D eigenvalue weighted by atomic mass is 16.2. The summed E-state index contributed by atoms with van der Waals surface area (Å²) in [5.41, 5.74) is 0. The van der Waals surface area contributed by atoms with E-state index in [1.54, 1.807) is 7.05 Å². The Morgan fingerprint density at radius 2 is 2.06 bits per heavy atom. The zero-order valence-electron chi connectivity index (χ0n) is 11.4. The highest BCUT2D eigenvalue weighted by molar-refractivity contribution is 5.81. The van der Waals surface area contributed by atoms with Crippen molar-refractivity contribution in [1.29, 1.82) is 0 Å². The van der Waals surface area contributed by atoms with E-state index >= 15 is 0 Å². The standard InChI is InChI=1S/C14H28N2O/c1-3-4-5-6-7-8-12-9-10-16-13(11-12)14(17)15-2/h12-13,16H,3-11H2,1-2H3,(H,15,17). The van der Waals surface area contributed by atoms with Gasteiger partial charge in [0, 0.05) is 7.05 Å². The van der Waals surface area contributed by atoms with Crippen molar-refractivity contribution in [3.63, 3.8) is 0 Å². The molecule has 1 amide bonds. The Morgan fingerprint density at radius 1 is 1.29 bits per heavy atom. The zero-order chi connectivity index (χ0) is 12.5. The van der Waals surface area contributed by atoms with Crippen LogP contribution < -0.4 is 10.6 Å². The molecule has 1 aliphatic rings. The van der Waals surface area contributed by atoms with Crippen molar-refractivity contribution in [2.45, 2.75) is 64.3 Å². The van der Waals surface area contributed by atoms with Gasteiger partial charge in [0.05, 0.1) is 6.04 Å². The number of rotatable bonds is 7. The van der Waals surface area contributed by atoms with E-state index in [0.29, 0.717) is 0 Å². The predicted octanol–water partition coefficient (Wildman–Crippen LogP) is 2.46. The molecule has 1 fully saturated rings. The van der Waals surface area contributed by atoms with Crippen LogP contribution in [-0.2, 0) is 4.79 Å². The van der Waals surface area contributed by atoms with Gasteiger partial charge in [-0.1, -0.05) is 45.4 Å². The molecule has 0 aromatic heterocycles. The lowest BCUT2D eigenvalue weighted by molar-refractivity contribution is -0.123. The van der Waals surface area contributed by atoms with E-state index in [1.807, 2.05) is 0 Å². The summed E-state index contributed by atoms with van der Waals surface area (Å²) in [5.74, 6) is 0.904. The van der Waals surface area contributed by atoms with Crippen LogP contribution in [0.5, 0.6) is 0 Å². The number of hydrogen-bond donors (Lipinski definition) is 2. The molecule has 1 saturated heterocycles. The lowest BCUT2D eigenvalue weighted by atomic mass is 9.87. The van der Waals surface area contributed by atoms with Crippen LogP contribution in [0.15, 0.2) is 0 Å². The molecular formula is C14H28N2O. The second kappa shape index (κ2) is 8.51. The molecule has 0 bridgehead atoms. The topological polar surface area (TPSA) is 41.1 Å². The molecule has 0 saturated carbocycles. The third kappa shape index (κ3) is 5.53. The van der Waals surface area contributed by atoms with Gasteiger partial charge >= 0.3 is 0 Å². The van der Waals surface area contributed by atoms with Gasteiger partial charge < -0.3 is 10.6 Å². The van der Waals surface area contributed by atoms with E-state index in [9.17, 15) is 4.79 Å². The van der Waals surface area contributed by atoms with Gasteiger partial charge in [-0.3, -0.25) is 4.79 Å². The summed E-state index contributed by atoms with van der Waals surface area (Å²) in [6, 6.07) is 0.0504. The second-order valence-corrected chi connectivity index (χ2v) is 5.21. The van der Waals surface area contributed by atoms with E-state index in [-0.39, 0.29) is 11.9 Å². The predicted molar refractivity (Wildman–Crippen MR) is 72.0 cm³/mol. The first-order chi connectivity index (χ1) is 8.27. The molecule has 0 aromatic carbocycles. The molecule has 0 aliphatic carbocycles. The van der Waals surface area contributed by atoms with Crippen molar-refractivity contribution >= 4 is 5.91 Å². The molecule has 1 heterocycles. The van der Waals surface area contributed by atoms with Crippen LogP contribution in [-0.4, -0.2) is 25.5 Å². The van der Waals surface area contributed by atoms with Crippen molar-refractivity contribution in [3.05, 3.63) is 0 Å². The summed E-state index contributed by atoms with van der Waals surface area (Å²) in [6.07, 6.45) is 10.3. The number of unbranched alkanes of at least 4 members (excludes halogenated alkanes) is 4. The molecule has 0 radical (unpaired) electrons. The SMILES string of the molecule is CCCCCCCC1CCNC(C(=O)NC)C1. The molecule has 0 spiro atoms. The van der Waals surface area contributed by atoms with E-state index in [4.69, 9.17) is 0 Å². The van der Waals surface area contributed by atoms with Crippen LogP contribution >= 0.6 is 0 Å². The second-order valence-electron chi connectivity index (χ2n) is 5.21. The van der Waals surface area contributed by atoms with E-state index < -0.39 is 0 Å². The minimum Gasteiger partial charge on any atom is -0.358 e. The van der Waals surface area contributed by atoms with E-state index in [0.717, 1.165) is 18.9 Å². The van der Waals surface area contributed by atoms with Crippen LogP contribution in [0.1, 0.15) is 58.3 Å². The van der Waals surface area contributed by atoms with Crippen LogP contribution in [0.3, 0.4) is 0 Å². The van der Waals surface area contributed by atoms with Crippen molar-refractivity contribution < 1.29 is 4.79 Å². The lowest BCUT2D eigenvalue weighted by Crippen LogP contribution is -2.47. The minimum absolute atomic E-state index is 0.0504. The Bertz CT molecular complexity index is 218. The van der Waals surface area contributed by atoms with Gasteiger partial charge in [-0.05, 0) is 25.3 Å². The van der Waals surface area contributed by atoms with E-state index in [1.165, 1.54) is 44.9 Å². The Kier molecular flexibility index (Phi) is 7.25. The summed E-state index contributed by atoms with van der Waals surface area (Å²) >= 11 is 0.